The van der Waals surface area contributed by atoms with Crippen LogP contribution in [-0.2, 0) is 10.0 Å². The van der Waals surface area contributed by atoms with Gasteiger partial charge in [-0.15, -0.1) is 11.8 Å². The molecule has 0 amide bonds. The van der Waals surface area contributed by atoms with Gasteiger partial charge in [-0.25, -0.2) is 13.1 Å². The molecule has 1 aromatic carbocycles. The number of benzene rings is 1. The van der Waals surface area contributed by atoms with Gasteiger partial charge < -0.3 is 10.8 Å². The fourth-order valence-corrected chi connectivity index (χ4v) is 4.22. The highest BCUT2D eigenvalue weighted by atomic mass is 32.2. The summed E-state index contributed by atoms with van der Waals surface area (Å²) in [5.41, 5.74) is 5.40. The van der Waals surface area contributed by atoms with Crippen molar-refractivity contribution in [2.24, 2.45) is 0 Å². The number of aliphatic hydroxyl groups is 1. The number of nitrogen functional groups attached to an aromatic ring is 1. The zero-order chi connectivity index (χ0) is 15.4. The molecule has 0 aromatic heterocycles. The van der Waals surface area contributed by atoms with E-state index in [2.05, 4.69) is 4.72 Å². The standard InChI is InChI=1S/C13H22N2O3S2/c1-10(16)13(2,3)15-20(17,18)9-8-19-12-6-4-11(14)5-7-12/h4-7,10,15-16H,8-9,14H2,1-3H3. The Labute approximate surface area is 125 Å². The third-order valence-corrected chi connectivity index (χ3v) is 5.81. The summed E-state index contributed by atoms with van der Waals surface area (Å²) < 4.78 is 26.4. The number of hydrogen-bond donors (Lipinski definition) is 3. The number of nitrogens with one attached hydrogen (secondary N) is 1. The van der Waals surface area contributed by atoms with E-state index >= 15 is 0 Å². The molecule has 5 nitrogen and oxygen atoms in total. The average Bonchev–Trinajstić information content (AvgIpc) is 2.30. The molecule has 0 aliphatic rings. The van der Waals surface area contributed by atoms with Crippen LogP contribution in [0.25, 0.3) is 0 Å². The Morgan fingerprint density at radius 2 is 1.90 bits per heavy atom. The zero-order valence-electron chi connectivity index (χ0n) is 12.0. The van der Waals surface area contributed by atoms with Gasteiger partial charge in [0.1, 0.15) is 0 Å². The number of nitrogens with two attached hydrogens (primary N) is 1. The van der Waals surface area contributed by atoms with Crippen LogP contribution in [0, 0.1) is 0 Å². The quantitative estimate of drug-likeness (QED) is 0.522. The molecule has 0 fully saturated rings. The van der Waals surface area contributed by atoms with Gasteiger partial charge in [0.2, 0.25) is 10.0 Å². The van der Waals surface area contributed by atoms with Crippen molar-refractivity contribution in [1.29, 1.82) is 0 Å². The summed E-state index contributed by atoms with van der Waals surface area (Å²) in [6.07, 6.45) is -0.762. The number of hydrogen-bond acceptors (Lipinski definition) is 5. The van der Waals surface area contributed by atoms with Crippen LogP contribution in [0.4, 0.5) is 5.69 Å². The van der Waals surface area contributed by atoms with E-state index in [-0.39, 0.29) is 5.75 Å². The molecule has 0 heterocycles. The Balaban J connectivity index is 2.50. The van der Waals surface area contributed by atoms with Crippen molar-refractivity contribution in [2.75, 3.05) is 17.2 Å². The lowest BCUT2D eigenvalue weighted by molar-refractivity contribution is 0.112. The maximum Gasteiger partial charge on any atom is 0.212 e. The predicted molar refractivity (Wildman–Crippen MR) is 84.3 cm³/mol. The SMILES string of the molecule is CC(O)C(C)(C)NS(=O)(=O)CCSc1ccc(N)cc1. The molecule has 20 heavy (non-hydrogen) atoms. The van der Waals surface area contributed by atoms with E-state index in [0.29, 0.717) is 11.4 Å². The Bertz CT molecular complexity index is 525. The normalized spacial score (nSPS) is 14.2. The minimum absolute atomic E-state index is 0.00179. The van der Waals surface area contributed by atoms with Gasteiger partial charge in [0.15, 0.2) is 0 Å². The summed E-state index contributed by atoms with van der Waals surface area (Å²) in [4.78, 5) is 0.976. The Hall–Kier alpha value is -0.760. The lowest BCUT2D eigenvalue weighted by Gasteiger charge is -2.28. The summed E-state index contributed by atoms with van der Waals surface area (Å²) in [6.45, 7) is 4.87. The van der Waals surface area contributed by atoms with E-state index in [1.165, 1.54) is 11.8 Å². The Morgan fingerprint density at radius 1 is 1.35 bits per heavy atom. The third kappa shape index (κ3) is 5.70. The summed E-state index contributed by atoms with van der Waals surface area (Å²) in [7, 11) is -3.42. The topological polar surface area (TPSA) is 92.4 Å². The number of aliphatic hydroxyl groups excluding tert-OH is 1. The molecular weight excluding hydrogens is 296 g/mol. The van der Waals surface area contributed by atoms with Crippen LogP contribution < -0.4 is 10.5 Å². The van der Waals surface area contributed by atoms with Crippen molar-refractivity contribution in [3.8, 4) is 0 Å². The van der Waals surface area contributed by atoms with Crippen LogP contribution in [0.2, 0.25) is 0 Å². The van der Waals surface area contributed by atoms with Crippen LogP contribution in [0.3, 0.4) is 0 Å². The molecule has 114 valence electrons. The van der Waals surface area contributed by atoms with Gasteiger partial charge in [-0.2, -0.15) is 0 Å². The maximum atomic E-state index is 11.9. The van der Waals surface area contributed by atoms with Crippen LogP contribution in [0.1, 0.15) is 20.8 Å². The predicted octanol–water partition coefficient (Wildman–Crippen LogP) is 1.44. The Morgan fingerprint density at radius 3 is 2.40 bits per heavy atom. The van der Waals surface area contributed by atoms with E-state index in [4.69, 9.17) is 5.73 Å². The van der Waals surface area contributed by atoms with Gasteiger partial charge in [-0.1, -0.05) is 0 Å². The molecule has 0 aliphatic heterocycles. The molecule has 1 atom stereocenters. The third-order valence-electron chi connectivity index (χ3n) is 2.96. The van der Waals surface area contributed by atoms with Gasteiger partial charge >= 0.3 is 0 Å². The van der Waals surface area contributed by atoms with Gasteiger partial charge in [-0.3, -0.25) is 0 Å². The van der Waals surface area contributed by atoms with E-state index in [1.54, 1.807) is 32.9 Å². The maximum absolute atomic E-state index is 11.9. The highest BCUT2D eigenvalue weighted by Gasteiger charge is 2.29. The molecule has 0 aliphatic carbocycles. The van der Waals surface area contributed by atoms with Gasteiger partial charge in [0.05, 0.1) is 17.4 Å². The highest BCUT2D eigenvalue weighted by Crippen LogP contribution is 2.19. The second-order valence-corrected chi connectivity index (χ2v) is 8.25. The number of thioether (sulfide) groups is 1. The van der Waals surface area contributed by atoms with Crippen molar-refractivity contribution in [3.05, 3.63) is 24.3 Å². The number of anilines is 1. The molecule has 0 bridgehead atoms. The molecule has 0 saturated heterocycles. The monoisotopic (exact) mass is 318 g/mol. The van der Waals surface area contributed by atoms with Crippen LogP contribution in [0.5, 0.6) is 0 Å². The second-order valence-electron chi connectivity index (χ2n) is 5.24. The van der Waals surface area contributed by atoms with Crippen LogP contribution >= 0.6 is 11.8 Å². The van der Waals surface area contributed by atoms with E-state index in [0.717, 1.165) is 4.90 Å². The molecule has 7 heteroatoms. The van der Waals surface area contributed by atoms with Crippen molar-refractivity contribution in [1.82, 2.24) is 4.72 Å². The highest BCUT2D eigenvalue weighted by molar-refractivity contribution is 8.00. The first-order chi connectivity index (χ1) is 9.12. The lowest BCUT2D eigenvalue weighted by Crippen LogP contribution is -2.51. The van der Waals surface area contributed by atoms with Crippen molar-refractivity contribution in [3.63, 3.8) is 0 Å². The van der Waals surface area contributed by atoms with Crippen molar-refractivity contribution < 1.29 is 13.5 Å². The molecule has 1 unspecified atom stereocenters. The first-order valence-corrected chi connectivity index (χ1v) is 8.94. The van der Waals surface area contributed by atoms with Gasteiger partial charge in [-0.05, 0) is 45.0 Å². The second kappa shape index (κ2) is 6.80. The van der Waals surface area contributed by atoms with E-state index < -0.39 is 21.7 Å². The molecule has 4 N–H and O–H groups in total. The van der Waals surface area contributed by atoms with E-state index in [9.17, 15) is 13.5 Å². The summed E-state index contributed by atoms with van der Waals surface area (Å²) >= 11 is 1.45. The Kier molecular flexibility index (Phi) is 5.88. The molecule has 0 saturated carbocycles. The molecule has 1 rings (SSSR count). The number of rotatable bonds is 7. The largest absolute Gasteiger partial charge is 0.399 e. The fraction of sp³-hybridized carbons (Fsp3) is 0.538. The van der Waals surface area contributed by atoms with Gasteiger partial charge in [0.25, 0.3) is 0 Å². The van der Waals surface area contributed by atoms with Crippen molar-refractivity contribution in [2.45, 2.75) is 37.3 Å². The number of sulfonamides is 1. The van der Waals surface area contributed by atoms with Crippen LogP contribution in [0.15, 0.2) is 29.2 Å². The minimum Gasteiger partial charge on any atom is -0.399 e. The average molecular weight is 318 g/mol. The van der Waals surface area contributed by atoms with Crippen molar-refractivity contribution >= 4 is 27.5 Å². The summed E-state index contributed by atoms with van der Waals surface area (Å²) in [5.74, 6) is 0.438. The molecule has 0 radical (unpaired) electrons. The minimum atomic E-state index is -3.42. The van der Waals surface area contributed by atoms with Gasteiger partial charge in [0, 0.05) is 16.3 Å². The summed E-state index contributed by atoms with van der Waals surface area (Å²) in [5, 5.41) is 9.53. The lowest BCUT2D eigenvalue weighted by atomic mass is 10.0. The molecule has 1 aromatic rings. The van der Waals surface area contributed by atoms with E-state index in [1.807, 2.05) is 12.1 Å². The fourth-order valence-electron chi connectivity index (χ4n) is 1.37. The summed E-state index contributed by atoms with van der Waals surface area (Å²) in [6, 6.07) is 7.29. The first kappa shape index (κ1) is 17.3. The smallest absolute Gasteiger partial charge is 0.212 e. The molecule has 0 spiro atoms. The van der Waals surface area contributed by atoms with Crippen LogP contribution in [-0.4, -0.2) is 36.7 Å². The zero-order valence-corrected chi connectivity index (χ0v) is 13.6. The first-order valence-electron chi connectivity index (χ1n) is 6.30. The molecular formula is C13H22N2O3S2.